The third-order valence-electron chi connectivity index (χ3n) is 3.39. The van der Waals surface area contributed by atoms with Crippen molar-refractivity contribution < 1.29 is 9.90 Å². The number of carboxylic acids is 1. The van der Waals surface area contributed by atoms with Gasteiger partial charge in [0.1, 0.15) is 0 Å². The van der Waals surface area contributed by atoms with E-state index < -0.39 is 5.97 Å². The summed E-state index contributed by atoms with van der Waals surface area (Å²) in [5, 5.41) is 12.5. The molecular weight excluding hydrogens is 178 g/mol. The van der Waals surface area contributed by atoms with Gasteiger partial charge in [-0.05, 0) is 25.7 Å². The van der Waals surface area contributed by atoms with Crippen molar-refractivity contribution in [3.05, 3.63) is 0 Å². The first-order valence-electron chi connectivity index (χ1n) is 5.70. The second-order valence-electron chi connectivity index (χ2n) is 4.83. The van der Waals surface area contributed by atoms with Crippen LogP contribution in [0.3, 0.4) is 0 Å². The van der Waals surface area contributed by atoms with Crippen LogP contribution in [-0.2, 0) is 4.79 Å². The van der Waals surface area contributed by atoms with Crippen molar-refractivity contribution in [3.63, 3.8) is 0 Å². The summed E-state index contributed by atoms with van der Waals surface area (Å²) in [5.74, 6) is -0.653. The van der Waals surface area contributed by atoms with E-state index in [2.05, 4.69) is 5.32 Å². The maximum atomic E-state index is 10.8. The Bertz CT molecular complexity index is 217. The number of carbonyl (C=O) groups is 1. The van der Waals surface area contributed by atoms with Crippen LogP contribution in [0.5, 0.6) is 0 Å². The molecule has 2 aliphatic rings. The summed E-state index contributed by atoms with van der Waals surface area (Å²) in [4.78, 5) is 10.8. The fourth-order valence-electron chi connectivity index (χ4n) is 2.55. The molecule has 0 bridgehead atoms. The first-order valence-corrected chi connectivity index (χ1v) is 5.70. The van der Waals surface area contributed by atoms with E-state index in [9.17, 15) is 4.79 Å². The largest absolute Gasteiger partial charge is 0.481 e. The molecule has 0 amide bonds. The predicted molar refractivity (Wildman–Crippen MR) is 54.2 cm³/mol. The molecule has 0 radical (unpaired) electrons. The monoisotopic (exact) mass is 197 g/mol. The van der Waals surface area contributed by atoms with Crippen LogP contribution in [0.15, 0.2) is 0 Å². The lowest BCUT2D eigenvalue weighted by Crippen LogP contribution is -2.49. The molecule has 2 rings (SSSR count). The van der Waals surface area contributed by atoms with Crippen molar-refractivity contribution in [1.29, 1.82) is 0 Å². The number of carboxylic acid groups (broad SMARTS) is 1. The van der Waals surface area contributed by atoms with Crippen molar-refractivity contribution in [3.8, 4) is 0 Å². The van der Waals surface area contributed by atoms with Crippen LogP contribution < -0.4 is 5.32 Å². The number of aliphatic carboxylic acids is 1. The van der Waals surface area contributed by atoms with Gasteiger partial charge in [-0.3, -0.25) is 4.79 Å². The summed E-state index contributed by atoms with van der Waals surface area (Å²) in [5.41, 5.74) is -0.0642. The Labute approximate surface area is 84.9 Å². The molecule has 2 aliphatic carbocycles. The van der Waals surface area contributed by atoms with Gasteiger partial charge in [0.15, 0.2) is 0 Å². The third kappa shape index (κ3) is 2.47. The molecule has 0 aromatic carbocycles. The molecule has 14 heavy (non-hydrogen) atoms. The van der Waals surface area contributed by atoms with E-state index in [0.29, 0.717) is 12.5 Å². The lowest BCUT2D eigenvalue weighted by Gasteiger charge is -2.37. The fraction of sp³-hybridized carbons (Fsp3) is 0.909. The first kappa shape index (κ1) is 9.97. The molecule has 0 atom stereocenters. The minimum absolute atomic E-state index is 0.0642. The van der Waals surface area contributed by atoms with Gasteiger partial charge in [-0.15, -0.1) is 0 Å². The van der Waals surface area contributed by atoms with Gasteiger partial charge in [-0.1, -0.05) is 19.3 Å². The minimum Gasteiger partial charge on any atom is -0.481 e. The Kier molecular flexibility index (Phi) is 2.77. The van der Waals surface area contributed by atoms with Gasteiger partial charge < -0.3 is 10.4 Å². The summed E-state index contributed by atoms with van der Waals surface area (Å²) in [6, 6.07) is 0.618. The van der Waals surface area contributed by atoms with Crippen molar-refractivity contribution in [2.24, 2.45) is 0 Å². The summed E-state index contributed by atoms with van der Waals surface area (Å²) >= 11 is 0. The molecule has 80 valence electrons. The highest BCUT2D eigenvalue weighted by molar-refractivity contribution is 5.68. The smallest absolute Gasteiger partial charge is 0.305 e. The van der Waals surface area contributed by atoms with E-state index in [1.54, 1.807) is 0 Å². The molecule has 2 N–H and O–H groups in total. The van der Waals surface area contributed by atoms with E-state index in [4.69, 9.17) is 5.11 Å². The minimum atomic E-state index is -0.653. The number of hydrogen-bond acceptors (Lipinski definition) is 2. The molecule has 0 aliphatic heterocycles. The molecule has 0 aromatic heterocycles. The summed E-state index contributed by atoms with van der Waals surface area (Å²) in [6.45, 7) is 0. The molecule has 0 heterocycles. The quantitative estimate of drug-likeness (QED) is 0.724. The maximum absolute atomic E-state index is 10.8. The number of hydrogen-bond donors (Lipinski definition) is 2. The average Bonchev–Trinajstić information content (AvgIpc) is 2.88. The molecule has 0 aromatic rings. The summed E-state index contributed by atoms with van der Waals surface area (Å²) < 4.78 is 0. The Balaban J connectivity index is 1.96. The van der Waals surface area contributed by atoms with Gasteiger partial charge in [0.05, 0.1) is 6.42 Å². The van der Waals surface area contributed by atoms with Crippen LogP contribution in [0.4, 0.5) is 0 Å². The standard InChI is InChI=1S/C11H19NO2/c13-10(14)8-11(12-9-4-5-9)6-2-1-3-7-11/h9,12H,1-8H2,(H,13,14). The van der Waals surface area contributed by atoms with Crippen molar-refractivity contribution in [1.82, 2.24) is 5.32 Å². The highest BCUT2D eigenvalue weighted by Crippen LogP contribution is 2.34. The number of nitrogens with one attached hydrogen (secondary N) is 1. The fourth-order valence-corrected chi connectivity index (χ4v) is 2.55. The van der Waals surface area contributed by atoms with Gasteiger partial charge in [0, 0.05) is 11.6 Å². The highest BCUT2D eigenvalue weighted by atomic mass is 16.4. The molecule has 0 unspecified atom stereocenters. The van der Waals surface area contributed by atoms with Crippen LogP contribution in [0.1, 0.15) is 51.4 Å². The third-order valence-corrected chi connectivity index (χ3v) is 3.39. The SMILES string of the molecule is O=C(O)CC1(NC2CC2)CCCCC1. The van der Waals surface area contributed by atoms with Crippen molar-refractivity contribution >= 4 is 5.97 Å². The zero-order valence-corrected chi connectivity index (χ0v) is 8.59. The van der Waals surface area contributed by atoms with E-state index in [1.807, 2.05) is 0 Å². The van der Waals surface area contributed by atoms with Gasteiger partial charge in [-0.2, -0.15) is 0 Å². The lowest BCUT2D eigenvalue weighted by molar-refractivity contribution is -0.139. The van der Waals surface area contributed by atoms with E-state index in [-0.39, 0.29) is 5.54 Å². The van der Waals surface area contributed by atoms with E-state index >= 15 is 0 Å². The average molecular weight is 197 g/mol. The molecule has 2 fully saturated rings. The van der Waals surface area contributed by atoms with Crippen LogP contribution >= 0.6 is 0 Å². The molecule has 0 saturated heterocycles. The Hall–Kier alpha value is -0.570. The summed E-state index contributed by atoms with van der Waals surface area (Å²) in [6.07, 6.45) is 8.53. The second kappa shape index (κ2) is 3.89. The van der Waals surface area contributed by atoms with Crippen LogP contribution in [0, 0.1) is 0 Å². The van der Waals surface area contributed by atoms with Gasteiger partial charge >= 0.3 is 5.97 Å². The van der Waals surface area contributed by atoms with E-state index in [1.165, 1.54) is 32.1 Å². The second-order valence-corrected chi connectivity index (χ2v) is 4.83. The van der Waals surface area contributed by atoms with Gasteiger partial charge in [-0.25, -0.2) is 0 Å². The molecule has 3 nitrogen and oxygen atoms in total. The first-order chi connectivity index (χ1) is 6.70. The Morgan fingerprint density at radius 3 is 2.43 bits per heavy atom. The highest BCUT2D eigenvalue weighted by Gasteiger charge is 2.38. The molecule has 3 heteroatoms. The van der Waals surface area contributed by atoms with Crippen LogP contribution in [0.2, 0.25) is 0 Å². The lowest BCUT2D eigenvalue weighted by atomic mass is 9.79. The van der Waals surface area contributed by atoms with Crippen molar-refractivity contribution in [2.75, 3.05) is 0 Å². The predicted octanol–water partition coefficient (Wildman–Crippen LogP) is 1.92. The normalized spacial score (nSPS) is 26.0. The molecule has 0 spiro atoms. The Morgan fingerprint density at radius 1 is 1.29 bits per heavy atom. The molecular formula is C11H19NO2. The summed E-state index contributed by atoms with van der Waals surface area (Å²) in [7, 11) is 0. The van der Waals surface area contributed by atoms with Gasteiger partial charge in [0.2, 0.25) is 0 Å². The van der Waals surface area contributed by atoms with Gasteiger partial charge in [0.25, 0.3) is 0 Å². The number of rotatable bonds is 4. The van der Waals surface area contributed by atoms with E-state index in [0.717, 1.165) is 12.8 Å². The zero-order chi connectivity index (χ0) is 10.0. The maximum Gasteiger partial charge on any atom is 0.305 e. The topological polar surface area (TPSA) is 49.3 Å². The zero-order valence-electron chi connectivity index (χ0n) is 8.59. The Morgan fingerprint density at radius 2 is 1.93 bits per heavy atom. The molecule has 2 saturated carbocycles. The van der Waals surface area contributed by atoms with Crippen LogP contribution in [0.25, 0.3) is 0 Å². The van der Waals surface area contributed by atoms with Crippen LogP contribution in [-0.4, -0.2) is 22.7 Å². The van der Waals surface area contributed by atoms with Crippen molar-refractivity contribution in [2.45, 2.75) is 62.9 Å².